The van der Waals surface area contributed by atoms with Gasteiger partial charge in [-0.3, -0.25) is 4.79 Å². The number of rotatable bonds is 2. The van der Waals surface area contributed by atoms with Crippen LogP contribution in [-0.4, -0.2) is 21.2 Å². The second-order valence-corrected chi connectivity index (χ2v) is 2.52. The number of hydrogen-bond acceptors (Lipinski definition) is 4. The van der Waals surface area contributed by atoms with Crippen LogP contribution < -0.4 is 11.3 Å². The molecule has 0 saturated carbocycles. The lowest BCUT2D eigenvalue weighted by atomic mass is 10.2. The van der Waals surface area contributed by atoms with Crippen LogP contribution in [0.25, 0.3) is 0 Å². The fourth-order valence-corrected chi connectivity index (χ4v) is 0.880. The van der Waals surface area contributed by atoms with Crippen molar-refractivity contribution in [1.29, 1.82) is 0 Å². The molecule has 3 N–H and O–H groups in total. The molecular formula is C7H11N3O2. The lowest BCUT2D eigenvalue weighted by molar-refractivity contribution is 0.184. The van der Waals surface area contributed by atoms with Crippen LogP contribution in [0.5, 0.6) is 0 Å². The van der Waals surface area contributed by atoms with E-state index in [0.29, 0.717) is 0 Å². The molecule has 0 saturated heterocycles. The van der Waals surface area contributed by atoms with E-state index in [1.807, 2.05) is 0 Å². The highest BCUT2D eigenvalue weighted by atomic mass is 16.3. The van der Waals surface area contributed by atoms with Crippen molar-refractivity contribution in [2.75, 3.05) is 6.54 Å². The molecule has 1 heterocycles. The first-order chi connectivity index (χ1) is 5.66. The minimum atomic E-state index is -0.919. The number of nitrogens with two attached hydrogens (primary N) is 1. The summed E-state index contributed by atoms with van der Waals surface area (Å²) in [5, 5.41) is 9.26. The summed E-state index contributed by atoms with van der Waals surface area (Å²) in [5.41, 5.74) is 5.17. The molecule has 1 aromatic rings. The first kappa shape index (κ1) is 8.89. The molecule has 0 spiro atoms. The summed E-state index contributed by atoms with van der Waals surface area (Å²) in [5.74, 6) is 0. The van der Waals surface area contributed by atoms with Gasteiger partial charge in [-0.15, -0.1) is 0 Å². The molecule has 1 rings (SSSR count). The summed E-state index contributed by atoms with van der Waals surface area (Å²) in [7, 11) is 1.57. The van der Waals surface area contributed by atoms with Crippen LogP contribution in [0.4, 0.5) is 0 Å². The molecule has 12 heavy (non-hydrogen) atoms. The Morgan fingerprint density at radius 3 is 3.08 bits per heavy atom. The molecule has 66 valence electrons. The molecule has 5 nitrogen and oxygen atoms in total. The average molecular weight is 169 g/mol. The van der Waals surface area contributed by atoms with Crippen LogP contribution in [0, 0.1) is 0 Å². The Morgan fingerprint density at radius 1 is 1.83 bits per heavy atom. The molecule has 1 atom stereocenters. The van der Waals surface area contributed by atoms with Gasteiger partial charge >= 0.3 is 0 Å². The van der Waals surface area contributed by atoms with Crippen molar-refractivity contribution in [2.45, 2.75) is 6.10 Å². The predicted octanol–water partition coefficient (Wildman–Crippen LogP) is -1.23. The number of hydrogen-bond donors (Lipinski definition) is 2. The van der Waals surface area contributed by atoms with Crippen LogP contribution >= 0.6 is 0 Å². The van der Waals surface area contributed by atoms with Gasteiger partial charge in [0.2, 0.25) is 0 Å². The fourth-order valence-electron chi connectivity index (χ4n) is 0.880. The van der Waals surface area contributed by atoms with Gasteiger partial charge < -0.3 is 15.4 Å². The molecule has 0 bridgehead atoms. The molecule has 0 radical (unpaired) electrons. The normalized spacial score (nSPS) is 12.9. The van der Waals surface area contributed by atoms with Crippen LogP contribution in [0.15, 0.2) is 17.3 Å². The second-order valence-electron chi connectivity index (χ2n) is 2.52. The van der Waals surface area contributed by atoms with Crippen molar-refractivity contribution >= 4 is 0 Å². The van der Waals surface area contributed by atoms with E-state index in [4.69, 9.17) is 5.73 Å². The summed E-state index contributed by atoms with van der Waals surface area (Å²) in [6.07, 6.45) is 1.80. The zero-order chi connectivity index (χ0) is 9.14. The van der Waals surface area contributed by atoms with Gasteiger partial charge in [0.15, 0.2) is 0 Å². The molecule has 0 aliphatic carbocycles. The predicted molar refractivity (Wildman–Crippen MR) is 43.5 cm³/mol. The third-order valence-electron chi connectivity index (χ3n) is 1.60. The zero-order valence-corrected chi connectivity index (χ0v) is 6.77. The number of aliphatic hydroxyl groups excluding tert-OH is 1. The quantitative estimate of drug-likeness (QED) is 0.581. The van der Waals surface area contributed by atoms with Crippen LogP contribution in [0.3, 0.4) is 0 Å². The highest BCUT2D eigenvalue weighted by molar-refractivity contribution is 5.08. The number of aliphatic hydroxyl groups is 1. The molecule has 0 aliphatic heterocycles. The van der Waals surface area contributed by atoms with Gasteiger partial charge in [-0.1, -0.05) is 0 Å². The molecule has 0 aliphatic rings. The maximum Gasteiger partial charge on any atom is 0.258 e. The van der Waals surface area contributed by atoms with Gasteiger partial charge in [-0.25, -0.2) is 4.98 Å². The summed E-state index contributed by atoms with van der Waals surface area (Å²) < 4.78 is 1.30. The standard InChI is InChI=1S/C7H11N3O2/c1-10-4-9-3-5(7(10)12)6(11)2-8/h3-4,6,11H,2,8H2,1H3. The van der Waals surface area contributed by atoms with Crippen molar-refractivity contribution in [3.8, 4) is 0 Å². The van der Waals surface area contributed by atoms with E-state index in [9.17, 15) is 9.90 Å². The summed E-state index contributed by atoms with van der Waals surface area (Å²) >= 11 is 0. The van der Waals surface area contributed by atoms with E-state index in [2.05, 4.69) is 4.98 Å². The minimum absolute atomic E-state index is 0.0287. The highest BCUT2D eigenvalue weighted by Crippen LogP contribution is 2.02. The van der Waals surface area contributed by atoms with E-state index in [-0.39, 0.29) is 17.7 Å². The van der Waals surface area contributed by atoms with Crippen molar-refractivity contribution in [1.82, 2.24) is 9.55 Å². The first-order valence-electron chi connectivity index (χ1n) is 3.55. The van der Waals surface area contributed by atoms with E-state index in [1.54, 1.807) is 7.05 Å². The lowest BCUT2D eigenvalue weighted by Crippen LogP contribution is -2.26. The van der Waals surface area contributed by atoms with E-state index < -0.39 is 6.10 Å². The van der Waals surface area contributed by atoms with Gasteiger partial charge in [0.05, 0.1) is 18.0 Å². The van der Waals surface area contributed by atoms with Gasteiger partial charge in [0, 0.05) is 19.8 Å². The largest absolute Gasteiger partial charge is 0.387 e. The van der Waals surface area contributed by atoms with Gasteiger partial charge in [-0.2, -0.15) is 0 Å². The zero-order valence-electron chi connectivity index (χ0n) is 6.77. The van der Waals surface area contributed by atoms with Crippen molar-refractivity contribution in [3.63, 3.8) is 0 Å². The number of aryl methyl sites for hydroxylation is 1. The Labute approximate surface area is 69.5 Å². The molecule has 1 unspecified atom stereocenters. The Morgan fingerprint density at radius 2 is 2.50 bits per heavy atom. The average Bonchev–Trinajstić information content (AvgIpc) is 2.08. The molecule has 0 aromatic carbocycles. The summed E-state index contributed by atoms with van der Waals surface area (Å²) in [6.45, 7) is 0.0287. The van der Waals surface area contributed by atoms with Crippen LogP contribution in [0.2, 0.25) is 0 Å². The highest BCUT2D eigenvalue weighted by Gasteiger charge is 2.10. The fraction of sp³-hybridized carbons (Fsp3) is 0.429. The van der Waals surface area contributed by atoms with Crippen molar-refractivity contribution < 1.29 is 5.11 Å². The van der Waals surface area contributed by atoms with Crippen molar-refractivity contribution in [2.24, 2.45) is 12.8 Å². The van der Waals surface area contributed by atoms with Gasteiger partial charge in [-0.05, 0) is 0 Å². The number of nitrogens with zero attached hydrogens (tertiary/aromatic N) is 2. The second kappa shape index (κ2) is 3.46. The SMILES string of the molecule is Cn1cncc(C(O)CN)c1=O. The molecule has 1 aromatic heterocycles. The van der Waals surface area contributed by atoms with E-state index in [1.165, 1.54) is 17.1 Å². The van der Waals surface area contributed by atoms with Crippen molar-refractivity contribution in [3.05, 3.63) is 28.4 Å². The molecule has 5 heteroatoms. The lowest BCUT2D eigenvalue weighted by Gasteiger charge is -2.06. The minimum Gasteiger partial charge on any atom is -0.387 e. The Balaban J connectivity index is 3.17. The van der Waals surface area contributed by atoms with Crippen LogP contribution in [-0.2, 0) is 7.05 Å². The summed E-state index contributed by atoms with van der Waals surface area (Å²) in [6, 6.07) is 0. The smallest absolute Gasteiger partial charge is 0.258 e. The molecule has 0 amide bonds. The summed E-state index contributed by atoms with van der Waals surface area (Å²) in [4.78, 5) is 15.0. The number of aromatic nitrogens is 2. The Kier molecular flexibility index (Phi) is 2.57. The third-order valence-corrected chi connectivity index (χ3v) is 1.60. The molecule has 0 fully saturated rings. The van der Waals surface area contributed by atoms with Gasteiger partial charge in [0.1, 0.15) is 0 Å². The Hall–Kier alpha value is -1.20. The van der Waals surface area contributed by atoms with Gasteiger partial charge in [0.25, 0.3) is 5.56 Å². The maximum atomic E-state index is 11.3. The Bertz CT molecular complexity index is 321. The van der Waals surface area contributed by atoms with Crippen LogP contribution in [0.1, 0.15) is 11.7 Å². The monoisotopic (exact) mass is 169 g/mol. The first-order valence-corrected chi connectivity index (χ1v) is 3.55. The maximum absolute atomic E-state index is 11.3. The molecular weight excluding hydrogens is 158 g/mol. The third kappa shape index (κ3) is 1.51. The van der Waals surface area contributed by atoms with E-state index in [0.717, 1.165) is 0 Å². The van der Waals surface area contributed by atoms with E-state index >= 15 is 0 Å². The topological polar surface area (TPSA) is 81.1 Å².